The molecule has 1 aliphatic heterocycles. The first kappa shape index (κ1) is 18.3. The van der Waals surface area contributed by atoms with E-state index in [1.54, 1.807) is 36.5 Å². The zero-order valence-electron chi connectivity index (χ0n) is 15.4. The molecule has 1 amide bonds. The first-order chi connectivity index (χ1) is 13.7. The Hall–Kier alpha value is -3.05. The van der Waals surface area contributed by atoms with Gasteiger partial charge in [-0.2, -0.15) is 0 Å². The first-order valence-electron chi connectivity index (χ1n) is 9.27. The number of piperazine rings is 1. The number of pyridine rings is 1. The number of halogens is 1. The second-order valence-electron chi connectivity index (χ2n) is 6.67. The van der Waals surface area contributed by atoms with Crippen LogP contribution in [0.1, 0.15) is 10.4 Å². The average molecular weight is 393 g/mol. The molecule has 1 aliphatic rings. The van der Waals surface area contributed by atoms with E-state index in [0.717, 1.165) is 32.0 Å². The summed E-state index contributed by atoms with van der Waals surface area (Å²) in [6.07, 6.45) is 1.69. The molecule has 1 saturated heterocycles. The summed E-state index contributed by atoms with van der Waals surface area (Å²) in [5, 5.41) is 3.53. The van der Waals surface area contributed by atoms with Crippen molar-refractivity contribution in [2.75, 3.05) is 41.3 Å². The van der Waals surface area contributed by atoms with Gasteiger partial charge in [0.15, 0.2) is 0 Å². The lowest BCUT2D eigenvalue weighted by Gasteiger charge is -2.36. The largest absolute Gasteiger partial charge is 0.368 e. The summed E-state index contributed by atoms with van der Waals surface area (Å²) in [5.41, 5.74) is 2.54. The van der Waals surface area contributed by atoms with Crippen molar-refractivity contribution in [3.8, 4) is 0 Å². The van der Waals surface area contributed by atoms with Crippen molar-refractivity contribution < 1.29 is 4.79 Å². The third-order valence-corrected chi connectivity index (χ3v) is 5.09. The van der Waals surface area contributed by atoms with Crippen LogP contribution in [0, 0.1) is 0 Å². The predicted molar refractivity (Wildman–Crippen MR) is 115 cm³/mol. The molecule has 0 aliphatic carbocycles. The Morgan fingerprint density at radius 3 is 2.29 bits per heavy atom. The standard InChI is InChI=1S/C22H21ClN4O/c23-18-6-8-19(9-7-18)25-22(28)17-10-11-24-21(16-17)27-14-12-26(13-15-27)20-4-2-1-3-5-20/h1-11,16H,12-15H2,(H,25,28). The van der Waals surface area contributed by atoms with Crippen LogP contribution in [0.4, 0.5) is 17.2 Å². The molecule has 0 saturated carbocycles. The van der Waals surface area contributed by atoms with Crippen LogP contribution in [0.3, 0.4) is 0 Å². The molecule has 142 valence electrons. The van der Waals surface area contributed by atoms with Crippen molar-refractivity contribution in [2.45, 2.75) is 0 Å². The number of carbonyl (C=O) groups excluding carboxylic acids is 1. The molecule has 28 heavy (non-hydrogen) atoms. The van der Waals surface area contributed by atoms with Crippen molar-refractivity contribution in [1.82, 2.24) is 4.98 Å². The van der Waals surface area contributed by atoms with E-state index in [4.69, 9.17) is 11.6 Å². The quantitative estimate of drug-likeness (QED) is 0.718. The van der Waals surface area contributed by atoms with Crippen molar-refractivity contribution in [1.29, 1.82) is 0 Å². The van der Waals surface area contributed by atoms with Gasteiger partial charge in [-0.15, -0.1) is 0 Å². The highest BCUT2D eigenvalue weighted by atomic mass is 35.5. The van der Waals surface area contributed by atoms with Crippen LogP contribution in [0.15, 0.2) is 72.9 Å². The second-order valence-corrected chi connectivity index (χ2v) is 7.11. The summed E-state index contributed by atoms with van der Waals surface area (Å²) in [6.45, 7) is 3.58. The molecule has 3 aromatic rings. The SMILES string of the molecule is O=C(Nc1ccc(Cl)cc1)c1ccnc(N2CCN(c3ccccc3)CC2)c1. The number of aromatic nitrogens is 1. The number of para-hydroxylation sites is 1. The van der Waals surface area contributed by atoms with E-state index in [2.05, 4.69) is 44.4 Å². The van der Waals surface area contributed by atoms with E-state index < -0.39 is 0 Å². The number of rotatable bonds is 4. The minimum Gasteiger partial charge on any atom is -0.368 e. The minimum absolute atomic E-state index is 0.158. The summed E-state index contributed by atoms with van der Waals surface area (Å²) in [6, 6.07) is 21.1. The fraction of sp³-hybridized carbons (Fsp3) is 0.182. The molecular weight excluding hydrogens is 372 g/mol. The number of benzene rings is 2. The van der Waals surface area contributed by atoms with Gasteiger partial charge in [0.05, 0.1) is 0 Å². The van der Waals surface area contributed by atoms with Crippen molar-refractivity contribution in [3.05, 3.63) is 83.5 Å². The zero-order valence-corrected chi connectivity index (χ0v) is 16.1. The van der Waals surface area contributed by atoms with Gasteiger partial charge in [0.25, 0.3) is 5.91 Å². The van der Waals surface area contributed by atoms with Crippen LogP contribution in [0.25, 0.3) is 0 Å². The maximum absolute atomic E-state index is 12.6. The molecule has 4 rings (SSSR count). The number of carbonyl (C=O) groups is 1. The van der Waals surface area contributed by atoms with Crippen LogP contribution in [-0.2, 0) is 0 Å². The molecule has 6 heteroatoms. The fourth-order valence-electron chi connectivity index (χ4n) is 3.30. The Morgan fingerprint density at radius 2 is 1.57 bits per heavy atom. The van der Waals surface area contributed by atoms with E-state index >= 15 is 0 Å². The maximum Gasteiger partial charge on any atom is 0.255 e. The normalized spacial score (nSPS) is 14.0. The number of hydrogen-bond acceptors (Lipinski definition) is 4. The number of amides is 1. The smallest absolute Gasteiger partial charge is 0.255 e. The number of anilines is 3. The summed E-state index contributed by atoms with van der Waals surface area (Å²) >= 11 is 5.89. The van der Waals surface area contributed by atoms with Gasteiger partial charge in [-0.25, -0.2) is 4.98 Å². The van der Waals surface area contributed by atoms with Crippen LogP contribution >= 0.6 is 11.6 Å². The Labute approximate surface area is 169 Å². The van der Waals surface area contributed by atoms with E-state index in [9.17, 15) is 4.79 Å². The van der Waals surface area contributed by atoms with E-state index in [1.165, 1.54) is 5.69 Å². The number of nitrogens with one attached hydrogen (secondary N) is 1. The highest BCUT2D eigenvalue weighted by Gasteiger charge is 2.19. The van der Waals surface area contributed by atoms with Gasteiger partial charge >= 0.3 is 0 Å². The van der Waals surface area contributed by atoms with Gasteiger partial charge in [0, 0.05) is 54.3 Å². The first-order valence-corrected chi connectivity index (χ1v) is 9.65. The minimum atomic E-state index is -0.158. The molecule has 2 aromatic carbocycles. The van der Waals surface area contributed by atoms with Gasteiger partial charge in [0.1, 0.15) is 5.82 Å². The van der Waals surface area contributed by atoms with Gasteiger partial charge in [-0.1, -0.05) is 29.8 Å². The fourth-order valence-corrected chi connectivity index (χ4v) is 3.43. The topological polar surface area (TPSA) is 48.5 Å². The van der Waals surface area contributed by atoms with Crippen LogP contribution < -0.4 is 15.1 Å². The van der Waals surface area contributed by atoms with Crippen molar-refractivity contribution in [2.24, 2.45) is 0 Å². The van der Waals surface area contributed by atoms with Crippen LogP contribution in [-0.4, -0.2) is 37.1 Å². The van der Waals surface area contributed by atoms with E-state index in [0.29, 0.717) is 16.3 Å². The lowest BCUT2D eigenvalue weighted by Crippen LogP contribution is -2.46. The molecule has 2 heterocycles. The third-order valence-electron chi connectivity index (χ3n) is 4.83. The van der Waals surface area contributed by atoms with Gasteiger partial charge in [0.2, 0.25) is 0 Å². The second kappa shape index (κ2) is 8.31. The summed E-state index contributed by atoms with van der Waals surface area (Å²) in [7, 11) is 0. The molecule has 0 spiro atoms. The number of nitrogens with zero attached hydrogens (tertiary/aromatic N) is 3. The summed E-state index contributed by atoms with van der Waals surface area (Å²) in [4.78, 5) is 21.6. The molecule has 0 radical (unpaired) electrons. The lowest BCUT2D eigenvalue weighted by molar-refractivity contribution is 0.102. The summed E-state index contributed by atoms with van der Waals surface area (Å²) < 4.78 is 0. The van der Waals surface area contributed by atoms with Crippen LogP contribution in [0.5, 0.6) is 0 Å². The third kappa shape index (κ3) is 4.26. The molecule has 1 fully saturated rings. The predicted octanol–water partition coefficient (Wildman–Crippen LogP) is 4.31. The van der Waals surface area contributed by atoms with Crippen LogP contribution in [0.2, 0.25) is 5.02 Å². The molecule has 1 aromatic heterocycles. The van der Waals surface area contributed by atoms with Crippen molar-refractivity contribution in [3.63, 3.8) is 0 Å². The van der Waals surface area contributed by atoms with E-state index in [-0.39, 0.29) is 5.91 Å². The Balaban J connectivity index is 1.41. The average Bonchev–Trinajstić information content (AvgIpc) is 2.76. The monoisotopic (exact) mass is 392 g/mol. The Bertz CT molecular complexity index is 938. The molecule has 0 atom stereocenters. The summed E-state index contributed by atoms with van der Waals surface area (Å²) in [5.74, 6) is 0.672. The zero-order chi connectivity index (χ0) is 19.3. The molecule has 5 nitrogen and oxygen atoms in total. The lowest BCUT2D eigenvalue weighted by atomic mass is 10.2. The molecule has 1 N–H and O–H groups in total. The molecule has 0 unspecified atom stereocenters. The molecule has 0 bridgehead atoms. The van der Waals surface area contributed by atoms with Crippen molar-refractivity contribution >= 4 is 34.7 Å². The highest BCUT2D eigenvalue weighted by molar-refractivity contribution is 6.30. The van der Waals surface area contributed by atoms with Gasteiger partial charge < -0.3 is 15.1 Å². The highest BCUT2D eigenvalue weighted by Crippen LogP contribution is 2.20. The van der Waals surface area contributed by atoms with Gasteiger partial charge in [-0.05, 0) is 48.5 Å². The van der Waals surface area contributed by atoms with Gasteiger partial charge in [-0.3, -0.25) is 4.79 Å². The Morgan fingerprint density at radius 1 is 0.893 bits per heavy atom. The molecular formula is C22H21ClN4O. The maximum atomic E-state index is 12.6. The Kier molecular flexibility index (Phi) is 5.44. The number of hydrogen-bond donors (Lipinski definition) is 1. The van der Waals surface area contributed by atoms with E-state index in [1.807, 2.05) is 12.1 Å².